The summed E-state index contributed by atoms with van der Waals surface area (Å²) in [4.78, 5) is 2.56. The quantitative estimate of drug-likeness (QED) is 0.827. The fraction of sp³-hybridized carbons (Fsp3) is 1.00. The van der Waals surface area contributed by atoms with Crippen molar-refractivity contribution < 1.29 is 4.74 Å². The number of nitrogens with one attached hydrogen (secondary N) is 1. The van der Waals surface area contributed by atoms with Gasteiger partial charge in [0.25, 0.3) is 0 Å². The SMILES string of the molecule is CC(C)(CNC1CCSCC1)N1CCOCC1. The van der Waals surface area contributed by atoms with E-state index in [-0.39, 0.29) is 5.54 Å². The predicted molar refractivity (Wildman–Crippen MR) is 74.8 cm³/mol. The van der Waals surface area contributed by atoms with Crippen LogP contribution in [0, 0.1) is 0 Å². The minimum absolute atomic E-state index is 0.258. The van der Waals surface area contributed by atoms with E-state index in [9.17, 15) is 0 Å². The molecule has 1 N–H and O–H groups in total. The first-order chi connectivity index (χ1) is 8.18. The van der Waals surface area contributed by atoms with Crippen LogP contribution in [0.1, 0.15) is 26.7 Å². The Kier molecular flexibility index (Phi) is 5.15. The molecule has 0 amide bonds. The van der Waals surface area contributed by atoms with E-state index < -0.39 is 0 Å². The first-order valence-corrected chi connectivity index (χ1v) is 7.98. The zero-order valence-corrected chi connectivity index (χ0v) is 12.0. The Balaban J connectivity index is 1.75. The maximum Gasteiger partial charge on any atom is 0.0594 e. The van der Waals surface area contributed by atoms with E-state index in [1.165, 1.54) is 24.3 Å². The maximum atomic E-state index is 5.42. The van der Waals surface area contributed by atoms with Crippen LogP contribution in [0.2, 0.25) is 0 Å². The van der Waals surface area contributed by atoms with E-state index in [2.05, 4.69) is 35.8 Å². The second kappa shape index (κ2) is 6.41. The molecule has 0 unspecified atom stereocenters. The van der Waals surface area contributed by atoms with Crippen molar-refractivity contribution in [2.75, 3.05) is 44.4 Å². The van der Waals surface area contributed by atoms with E-state index in [4.69, 9.17) is 4.74 Å². The summed E-state index contributed by atoms with van der Waals surface area (Å²) < 4.78 is 5.42. The molecule has 2 aliphatic rings. The minimum Gasteiger partial charge on any atom is -0.379 e. The van der Waals surface area contributed by atoms with Gasteiger partial charge in [0.15, 0.2) is 0 Å². The first kappa shape index (κ1) is 13.7. The monoisotopic (exact) mass is 258 g/mol. The number of morpholine rings is 1. The molecule has 2 saturated heterocycles. The molecule has 0 bridgehead atoms. The first-order valence-electron chi connectivity index (χ1n) is 6.82. The van der Waals surface area contributed by atoms with Gasteiger partial charge in [-0.1, -0.05) is 0 Å². The Bertz CT molecular complexity index is 223. The van der Waals surface area contributed by atoms with Crippen LogP contribution in [0.15, 0.2) is 0 Å². The van der Waals surface area contributed by atoms with Crippen LogP contribution in [-0.2, 0) is 4.74 Å². The molecule has 0 radical (unpaired) electrons. The number of thioether (sulfide) groups is 1. The molecule has 100 valence electrons. The molecule has 0 aromatic rings. The van der Waals surface area contributed by atoms with Gasteiger partial charge in [-0.25, -0.2) is 0 Å². The predicted octanol–water partition coefficient (Wildman–Crippen LogP) is 1.58. The third-order valence-electron chi connectivity index (χ3n) is 3.91. The standard InChI is InChI=1S/C13H26N2OS/c1-13(2,15-5-7-16-8-6-15)11-14-12-3-9-17-10-4-12/h12,14H,3-11H2,1-2H3. The van der Waals surface area contributed by atoms with Crippen molar-refractivity contribution in [1.82, 2.24) is 10.2 Å². The molecule has 2 heterocycles. The highest BCUT2D eigenvalue weighted by Crippen LogP contribution is 2.19. The topological polar surface area (TPSA) is 24.5 Å². The lowest BCUT2D eigenvalue weighted by Gasteiger charge is -2.42. The average molecular weight is 258 g/mol. The van der Waals surface area contributed by atoms with E-state index in [0.29, 0.717) is 0 Å². The molecule has 2 rings (SSSR count). The van der Waals surface area contributed by atoms with Crippen LogP contribution in [0.25, 0.3) is 0 Å². The maximum absolute atomic E-state index is 5.42. The van der Waals surface area contributed by atoms with Crippen molar-refractivity contribution in [3.8, 4) is 0 Å². The molecule has 2 fully saturated rings. The summed E-state index contributed by atoms with van der Waals surface area (Å²) >= 11 is 2.09. The number of ether oxygens (including phenoxy) is 1. The Morgan fingerprint density at radius 1 is 1.24 bits per heavy atom. The smallest absolute Gasteiger partial charge is 0.0594 e. The second-order valence-corrected chi connectivity index (χ2v) is 6.90. The fourth-order valence-electron chi connectivity index (χ4n) is 2.58. The van der Waals surface area contributed by atoms with Gasteiger partial charge in [0.1, 0.15) is 0 Å². The third kappa shape index (κ3) is 4.12. The summed E-state index contributed by atoms with van der Waals surface area (Å²) in [7, 11) is 0. The van der Waals surface area contributed by atoms with Gasteiger partial charge in [0, 0.05) is 31.2 Å². The molecular weight excluding hydrogens is 232 g/mol. The van der Waals surface area contributed by atoms with Gasteiger partial charge in [-0.3, -0.25) is 4.90 Å². The summed E-state index contributed by atoms with van der Waals surface area (Å²) in [5, 5.41) is 3.76. The van der Waals surface area contributed by atoms with Crippen molar-refractivity contribution in [2.45, 2.75) is 38.3 Å². The van der Waals surface area contributed by atoms with E-state index >= 15 is 0 Å². The highest BCUT2D eigenvalue weighted by Gasteiger charge is 2.28. The largest absolute Gasteiger partial charge is 0.379 e. The Hall–Kier alpha value is 0.230. The van der Waals surface area contributed by atoms with Crippen LogP contribution in [0.3, 0.4) is 0 Å². The summed E-state index contributed by atoms with van der Waals surface area (Å²) in [6.07, 6.45) is 2.67. The average Bonchev–Trinajstić information content (AvgIpc) is 2.39. The lowest BCUT2D eigenvalue weighted by Crippen LogP contribution is -2.56. The Labute approximate surface area is 110 Å². The minimum atomic E-state index is 0.258. The summed E-state index contributed by atoms with van der Waals surface area (Å²) in [6.45, 7) is 9.74. The molecule has 0 spiro atoms. The van der Waals surface area contributed by atoms with Crippen molar-refractivity contribution in [1.29, 1.82) is 0 Å². The Morgan fingerprint density at radius 2 is 1.88 bits per heavy atom. The zero-order chi connectivity index (χ0) is 12.1. The molecule has 3 nitrogen and oxygen atoms in total. The van der Waals surface area contributed by atoms with E-state index in [1.807, 2.05) is 0 Å². The molecular formula is C13H26N2OS. The fourth-order valence-corrected chi connectivity index (χ4v) is 3.68. The molecule has 0 aromatic heterocycles. The van der Waals surface area contributed by atoms with Crippen LogP contribution in [-0.4, -0.2) is 60.8 Å². The zero-order valence-electron chi connectivity index (χ0n) is 11.2. The van der Waals surface area contributed by atoms with Crippen molar-refractivity contribution in [3.63, 3.8) is 0 Å². The van der Waals surface area contributed by atoms with Crippen molar-refractivity contribution in [2.24, 2.45) is 0 Å². The van der Waals surface area contributed by atoms with Gasteiger partial charge >= 0.3 is 0 Å². The van der Waals surface area contributed by atoms with E-state index in [0.717, 1.165) is 38.9 Å². The highest BCUT2D eigenvalue weighted by atomic mass is 32.2. The number of rotatable bonds is 4. The van der Waals surface area contributed by atoms with Crippen LogP contribution in [0.4, 0.5) is 0 Å². The van der Waals surface area contributed by atoms with Gasteiger partial charge in [-0.2, -0.15) is 11.8 Å². The van der Waals surface area contributed by atoms with Gasteiger partial charge in [0.2, 0.25) is 0 Å². The van der Waals surface area contributed by atoms with Crippen LogP contribution >= 0.6 is 11.8 Å². The van der Waals surface area contributed by atoms with Gasteiger partial charge in [-0.15, -0.1) is 0 Å². The third-order valence-corrected chi connectivity index (χ3v) is 4.96. The summed E-state index contributed by atoms with van der Waals surface area (Å²) in [6, 6.07) is 0.747. The van der Waals surface area contributed by atoms with Gasteiger partial charge in [-0.05, 0) is 38.2 Å². The van der Waals surface area contributed by atoms with Gasteiger partial charge < -0.3 is 10.1 Å². The molecule has 0 atom stereocenters. The Morgan fingerprint density at radius 3 is 2.53 bits per heavy atom. The number of hydrogen-bond donors (Lipinski definition) is 1. The number of nitrogens with zero attached hydrogens (tertiary/aromatic N) is 1. The van der Waals surface area contributed by atoms with Crippen molar-refractivity contribution >= 4 is 11.8 Å². The normalized spacial score (nSPS) is 25.1. The highest BCUT2D eigenvalue weighted by molar-refractivity contribution is 7.99. The summed E-state index contributed by atoms with van der Waals surface area (Å²) in [5.41, 5.74) is 0.258. The lowest BCUT2D eigenvalue weighted by molar-refractivity contribution is -0.0104. The molecule has 0 saturated carbocycles. The van der Waals surface area contributed by atoms with E-state index in [1.54, 1.807) is 0 Å². The summed E-state index contributed by atoms with van der Waals surface area (Å²) in [5.74, 6) is 2.66. The van der Waals surface area contributed by atoms with Crippen LogP contribution < -0.4 is 5.32 Å². The number of hydrogen-bond acceptors (Lipinski definition) is 4. The molecule has 0 aromatic carbocycles. The molecule has 17 heavy (non-hydrogen) atoms. The molecule has 2 aliphatic heterocycles. The van der Waals surface area contributed by atoms with Gasteiger partial charge in [0.05, 0.1) is 13.2 Å². The van der Waals surface area contributed by atoms with Crippen LogP contribution in [0.5, 0.6) is 0 Å². The lowest BCUT2D eigenvalue weighted by atomic mass is 10.0. The second-order valence-electron chi connectivity index (χ2n) is 5.68. The molecule has 4 heteroatoms. The molecule has 0 aliphatic carbocycles. The van der Waals surface area contributed by atoms with Crippen molar-refractivity contribution in [3.05, 3.63) is 0 Å².